The van der Waals surface area contributed by atoms with Gasteiger partial charge in [0.1, 0.15) is 0 Å². The lowest BCUT2D eigenvalue weighted by Crippen LogP contribution is -2.23. The molecule has 0 atom stereocenters. The average molecular weight is 405 g/mol. The molecule has 1 aromatic carbocycles. The lowest BCUT2D eigenvalue weighted by atomic mass is 9.77. The second kappa shape index (κ2) is 7.84. The van der Waals surface area contributed by atoms with Crippen LogP contribution in [-0.4, -0.2) is 15.7 Å². The Morgan fingerprint density at radius 2 is 1.86 bits per heavy atom. The van der Waals surface area contributed by atoms with Crippen molar-refractivity contribution in [3.05, 3.63) is 52.3 Å². The van der Waals surface area contributed by atoms with E-state index in [1.165, 1.54) is 30.2 Å². The van der Waals surface area contributed by atoms with Gasteiger partial charge in [0, 0.05) is 17.8 Å². The fraction of sp³-hybridized carbons (Fsp3) is 0.545. The molecule has 1 aromatic heterocycles. The van der Waals surface area contributed by atoms with Crippen LogP contribution in [0, 0.1) is 5.92 Å². The summed E-state index contributed by atoms with van der Waals surface area (Å²) in [5, 5.41) is 4.59. The van der Waals surface area contributed by atoms with Gasteiger partial charge in [-0.3, -0.25) is 9.48 Å². The summed E-state index contributed by atoms with van der Waals surface area (Å²) in [4.78, 5) is 11.8. The maximum atomic E-state index is 13.0. The molecule has 156 valence electrons. The molecule has 1 amide bonds. The first-order valence-electron chi connectivity index (χ1n) is 10.4. The van der Waals surface area contributed by atoms with Crippen molar-refractivity contribution in [2.75, 3.05) is 0 Å². The SMILES string of the molecule is NC(=O)c1cc(C(F)(F)F)ccc1[C@H]1CC[C@H](Cn2ncc3c2CCCC3)CC1. The Bertz CT molecular complexity index is 895. The van der Waals surface area contributed by atoms with Gasteiger partial charge in [0.05, 0.1) is 11.8 Å². The Hall–Kier alpha value is -2.31. The maximum Gasteiger partial charge on any atom is 0.416 e. The Labute approximate surface area is 168 Å². The quantitative estimate of drug-likeness (QED) is 0.790. The highest BCUT2D eigenvalue weighted by molar-refractivity contribution is 5.94. The lowest BCUT2D eigenvalue weighted by molar-refractivity contribution is -0.137. The van der Waals surface area contributed by atoms with Crippen LogP contribution in [0.25, 0.3) is 0 Å². The van der Waals surface area contributed by atoms with Gasteiger partial charge in [-0.05, 0) is 86.5 Å². The molecule has 1 saturated carbocycles. The molecule has 0 aliphatic heterocycles. The predicted octanol–water partition coefficient (Wildman–Crippen LogP) is 4.85. The first-order valence-corrected chi connectivity index (χ1v) is 10.4. The molecule has 7 heteroatoms. The number of carbonyl (C=O) groups excluding carboxylic acids is 1. The maximum absolute atomic E-state index is 13.0. The van der Waals surface area contributed by atoms with Crippen LogP contribution in [0.5, 0.6) is 0 Å². The normalized spacial score (nSPS) is 22.3. The van der Waals surface area contributed by atoms with E-state index in [0.29, 0.717) is 11.5 Å². The second-order valence-corrected chi connectivity index (χ2v) is 8.39. The third-order valence-electron chi connectivity index (χ3n) is 6.51. The molecule has 4 nitrogen and oxygen atoms in total. The van der Waals surface area contributed by atoms with E-state index in [1.807, 2.05) is 6.20 Å². The summed E-state index contributed by atoms with van der Waals surface area (Å²) in [5.74, 6) is -0.220. The van der Waals surface area contributed by atoms with E-state index in [2.05, 4.69) is 9.78 Å². The summed E-state index contributed by atoms with van der Waals surface area (Å²) < 4.78 is 41.1. The van der Waals surface area contributed by atoms with Crippen molar-refractivity contribution in [3.8, 4) is 0 Å². The highest BCUT2D eigenvalue weighted by Crippen LogP contribution is 2.40. The number of benzene rings is 1. The van der Waals surface area contributed by atoms with Gasteiger partial charge in [0.15, 0.2) is 0 Å². The van der Waals surface area contributed by atoms with Crippen LogP contribution in [0.1, 0.15) is 77.2 Å². The van der Waals surface area contributed by atoms with Crippen molar-refractivity contribution in [1.82, 2.24) is 9.78 Å². The number of rotatable bonds is 4. The van der Waals surface area contributed by atoms with Crippen LogP contribution < -0.4 is 5.73 Å². The first kappa shape index (κ1) is 20.0. The van der Waals surface area contributed by atoms with Gasteiger partial charge in [-0.1, -0.05) is 6.07 Å². The minimum atomic E-state index is -4.48. The van der Waals surface area contributed by atoms with Gasteiger partial charge in [0.25, 0.3) is 0 Å². The number of nitrogens with two attached hydrogens (primary N) is 1. The molecular formula is C22H26F3N3O. The van der Waals surface area contributed by atoms with Crippen LogP contribution in [-0.2, 0) is 25.6 Å². The summed E-state index contributed by atoms with van der Waals surface area (Å²) in [5.41, 5.74) is 7.98. The number of aromatic nitrogens is 2. The first-order chi connectivity index (χ1) is 13.8. The lowest BCUT2D eigenvalue weighted by Gasteiger charge is -2.30. The van der Waals surface area contributed by atoms with Crippen molar-refractivity contribution in [2.45, 2.75) is 70.0 Å². The fourth-order valence-corrected chi connectivity index (χ4v) is 4.92. The summed E-state index contributed by atoms with van der Waals surface area (Å²) in [7, 11) is 0. The zero-order chi connectivity index (χ0) is 20.6. The van der Waals surface area contributed by atoms with Gasteiger partial charge in [-0.25, -0.2) is 0 Å². The van der Waals surface area contributed by atoms with E-state index in [-0.39, 0.29) is 11.5 Å². The summed E-state index contributed by atoms with van der Waals surface area (Å²) in [6.45, 7) is 0.901. The molecule has 0 bridgehead atoms. The van der Waals surface area contributed by atoms with E-state index in [9.17, 15) is 18.0 Å². The standard InChI is InChI=1S/C22H26F3N3O/c23-22(24,25)17-9-10-18(19(11-17)21(26)29)15-7-5-14(6-8-15)13-28-20-4-2-1-3-16(20)12-27-28/h9-12,14-15H,1-8,13H2,(H2,26,29)/t14-,15-. The number of fused-ring (bicyclic) bond motifs is 1. The van der Waals surface area contributed by atoms with Crippen molar-refractivity contribution >= 4 is 5.91 Å². The number of hydrogen-bond acceptors (Lipinski definition) is 2. The zero-order valence-corrected chi connectivity index (χ0v) is 16.3. The molecule has 2 aromatic rings. The van der Waals surface area contributed by atoms with Crippen LogP contribution in [0.2, 0.25) is 0 Å². The number of nitrogens with zero attached hydrogens (tertiary/aromatic N) is 2. The van der Waals surface area contributed by atoms with Gasteiger partial charge in [-0.15, -0.1) is 0 Å². The second-order valence-electron chi connectivity index (χ2n) is 8.39. The van der Waals surface area contributed by atoms with Crippen molar-refractivity contribution < 1.29 is 18.0 Å². The molecular weight excluding hydrogens is 379 g/mol. The third-order valence-corrected chi connectivity index (χ3v) is 6.51. The van der Waals surface area contributed by atoms with E-state index in [0.717, 1.165) is 57.2 Å². The number of primary amides is 1. The number of aryl methyl sites for hydroxylation is 1. The molecule has 2 N–H and O–H groups in total. The largest absolute Gasteiger partial charge is 0.416 e. The van der Waals surface area contributed by atoms with Crippen LogP contribution in [0.3, 0.4) is 0 Å². The predicted molar refractivity (Wildman–Crippen MR) is 104 cm³/mol. The number of halogens is 3. The Kier molecular flexibility index (Phi) is 5.40. The van der Waals surface area contributed by atoms with Crippen LogP contribution >= 0.6 is 0 Å². The highest BCUT2D eigenvalue weighted by Gasteiger charge is 2.33. The molecule has 0 spiro atoms. The molecule has 0 saturated heterocycles. The summed E-state index contributed by atoms with van der Waals surface area (Å²) in [6.07, 6.45) is 5.82. The minimum absolute atomic E-state index is 0.00409. The Morgan fingerprint density at radius 3 is 2.55 bits per heavy atom. The molecule has 29 heavy (non-hydrogen) atoms. The monoisotopic (exact) mass is 405 g/mol. The van der Waals surface area contributed by atoms with Crippen molar-refractivity contribution in [3.63, 3.8) is 0 Å². The summed E-state index contributed by atoms with van der Waals surface area (Å²) in [6, 6.07) is 3.40. The molecule has 0 unspecified atom stereocenters. The molecule has 4 rings (SSSR count). The molecule has 1 heterocycles. The zero-order valence-electron chi connectivity index (χ0n) is 16.3. The van der Waals surface area contributed by atoms with Crippen LogP contribution in [0.4, 0.5) is 13.2 Å². The molecule has 0 radical (unpaired) electrons. The third kappa shape index (κ3) is 4.19. The van der Waals surface area contributed by atoms with Crippen molar-refractivity contribution in [1.29, 1.82) is 0 Å². The van der Waals surface area contributed by atoms with E-state index in [4.69, 9.17) is 5.73 Å². The van der Waals surface area contributed by atoms with Gasteiger partial charge >= 0.3 is 6.18 Å². The van der Waals surface area contributed by atoms with E-state index >= 15 is 0 Å². The topological polar surface area (TPSA) is 60.9 Å². The molecule has 2 aliphatic carbocycles. The number of alkyl halides is 3. The molecule has 2 aliphatic rings. The number of carbonyl (C=O) groups is 1. The number of hydrogen-bond donors (Lipinski definition) is 1. The van der Waals surface area contributed by atoms with E-state index in [1.54, 1.807) is 0 Å². The number of amides is 1. The van der Waals surface area contributed by atoms with Crippen LogP contribution in [0.15, 0.2) is 24.4 Å². The minimum Gasteiger partial charge on any atom is -0.366 e. The highest BCUT2D eigenvalue weighted by atomic mass is 19.4. The van der Waals surface area contributed by atoms with Gasteiger partial charge in [-0.2, -0.15) is 18.3 Å². The van der Waals surface area contributed by atoms with Crippen molar-refractivity contribution in [2.24, 2.45) is 11.7 Å². The summed E-state index contributed by atoms with van der Waals surface area (Å²) >= 11 is 0. The Morgan fingerprint density at radius 1 is 1.14 bits per heavy atom. The van der Waals surface area contributed by atoms with Gasteiger partial charge in [0.2, 0.25) is 5.91 Å². The van der Waals surface area contributed by atoms with Gasteiger partial charge < -0.3 is 5.73 Å². The smallest absolute Gasteiger partial charge is 0.366 e. The van der Waals surface area contributed by atoms with E-state index < -0.39 is 17.6 Å². The Balaban J connectivity index is 1.44. The fourth-order valence-electron chi connectivity index (χ4n) is 4.92. The average Bonchev–Trinajstić information content (AvgIpc) is 3.10. The molecule has 1 fully saturated rings.